The molecule has 6 nitrogen and oxygen atoms in total. The molecule has 0 spiro atoms. The van der Waals surface area contributed by atoms with E-state index in [1.54, 1.807) is 12.3 Å². The van der Waals surface area contributed by atoms with Crippen LogP contribution in [0.2, 0.25) is 10.0 Å². The molecule has 1 aliphatic heterocycles. The van der Waals surface area contributed by atoms with Gasteiger partial charge in [-0.3, -0.25) is 4.79 Å². The average Bonchev–Trinajstić information content (AvgIpc) is 2.97. The number of hydrogen-bond donors (Lipinski definition) is 0. The number of hydrogen-bond acceptors (Lipinski definition) is 5. The van der Waals surface area contributed by atoms with E-state index in [9.17, 15) is 4.79 Å². The number of fused-ring (bicyclic) bond motifs is 1. The molecule has 1 saturated heterocycles. The van der Waals surface area contributed by atoms with Gasteiger partial charge in [0.2, 0.25) is 0 Å². The molecule has 4 rings (SSSR count). The van der Waals surface area contributed by atoms with Crippen molar-refractivity contribution in [2.45, 2.75) is 45.7 Å². The van der Waals surface area contributed by atoms with Crippen molar-refractivity contribution in [3.05, 3.63) is 45.7 Å². The van der Waals surface area contributed by atoms with E-state index in [0.29, 0.717) is 40.9 Å². The molecule has 2 atom stereocenters. The summed E-state index contributed by atoms with van der Waals surface area (Å²) in [6.45, 7) is 6.65. The van der Waals surface area contributed by atoms with Crippen LogP contribution in [0.25, 0.3) is 11.2 Å². The Morgan fingerprint density at radius 3 is 2.79 bits per heavy atom. The maximum Gasteiger partial charge on any atom is 0.179 e. The van der Waals surface area contributed by atoms with Crippen LogP contribution in [0.3, 0.4) is 0 Å². The standard InChI is InChI=1S/C20H21Cl2N5O/c1-11-8-15(28)6-7-26(11)18-10-23-19-12(2)25-27(20(19)24-18)13(3)16-5-4-14(21)9-17(16)22/h4-5,9-11,13H,6-8H2,1-3H3/t11-,13+/m0/s1. The van der Waals surface area contributed by atoms with E-state index < -0.39 is 0 Å². The van der Waals surface area contributed by atoms with Crippen LogP contribution >= 0.6 is 23.2 Å². The average molecular weight is 418 g/mol. The first-order valence-corrected chi connectivity index (χ1v) is 10.1. The van der Waals surface area contributed by atoms with E-state index >= 15 is 0 Å². The lowest BCUT2D eigenvalue weighted by Gasteiger charge is -2.33. The second kappa shape index (κ2) is 7.33. The van der Waals surface area contributed by atoms with E-state index in [-0.39, 0.29) is 12.1 Å². The molecule has 0 bridgehead atoms. The molecular weight excluding hydrogens is 397 g/mol. The Hall–Kier alpha value is -2.18. The molecule has 8 heteroatoms. The Labute approximate surface area is 173 Å². The third kappa shape index (κ3) is 3.35. The highest BCUT2D eigenvalue weighted by Crippen LogP contribution is 2.31. The van der Waals surface area contributed by atoms with Gasteiger partial charge >= 0.3 is 0 Å². The van der Waals surface area contributed by atoms with Crippen molar-refractivity contribution in [2.75, 3.05) is 11.4 Å². The van der Waals surface area contributed by atoms with Crippen LogP contribution in [0.1, 0.15) is 44.0 Å². The minimum absolute atomic E-state index is 0.105. The highest BCUT2D eigenvalue weighted by molar-refractivity contribution is 6.35. The molecule has 1 fully saturated rings. The van der Waals surface area contributed by atoms with Gasteiger partial charge in [0, 0.05) is 35.5 Å². The van der Waals surface area contributed by atoms with Crippen molar-refractivity contribution in [2.24, 2.45) is 0 Å². The number of Topliss-reactive ketones (excluding diaryl/α,β-unsaturated/α-hetero) is 1. The van der Waals surface area contributed by atoms with E-state index in [2.05, 4.69) is 15.0 Å². The Morgan fingerprint density at radius 1 is 1.29 bits per heavy atom. The van der Waals surface area contributed by atoms with Crippen LogP contribution in [-0.2, 0) is 4.79 Å². The number of aryl methyl sites for hydroxylation is 1. The molecule has 0 unspecified atom stereocenters. The number of piperidine rings is 1. The van der Waals surface area contributed by atoms with Gasteiger partial charge < -0.3 is 4.90 Å². The van der Waals surface area contributed by atoms with Gasteiger partial charge in [-0.2, -0.15) is 5.10 Å². The van der Waals surface area contributed by atoms with Crippen molar-refractivity contribution in [3.63, 3.8) is 0 Å². The second-order valence-electron chi connectivity index (χ2n) is 7.31. The largest absolute Gasteiger partial charge is 0.352 e. The van der Waals surface area contributed by atoms with Gasteiger partial charge in [0.15, 0.2) is 5.65 Å². The zero-order chi connectivity index (χ0) is 20.0. The number of benzene rings is 1. The Morgan fingerprint density at radius 2 is 2.07 bits per heavy atom. The van der Waals surface area contributed by atoms with E-state index in [1.807, 2.05) is 37.6 Å². The topological polar surface area (TPSA) is 63.9 Å². The summed E-state index contributed by atoms with van der Waals surface area (Å²) < 4.78 is 1.86. The predicted molar refractivity (Wildman–Crippen MR) is 111 cm³/mol. The van der Waals surface area contributed by atoms with Gasteiger partial charge in [-0.05, 0) is 38.5 Å². The maximum atomic E-state index is 11.7. The van der Waals surface area contributed by atoms with Crippen LogP contribution in [0.5, 0.6) is 0 Å². The van der Waals surface area contributed by atoms with Gasteiger partial charge in [-0.15, -0.1) is 0 Å². The van der Waals surface area contributed by atoms with Crippen molar-refractivity contribution in [3.8, 4) is 0 Å². The van der Waals surface area contributed by atoms with Gasteiger partial charge in [0.1, 0.15) is 17.1 Å². The first-order valence-electron chi connectivity index (χ1n) is 9.30. The van der Waals surface area contributed by atoms with Crippen LogP contribution in [0.15, 0.2) is 24.4 Å². The number of halogens is 2. The molecule has 1 aliphatic rings. The minimum Gasteiger partial charge on any atom is -0.352 e. The molecule has 0 saturated carbocycles. The molecule has 0 radical (unpaired) electrons. The summed E-state index contributed by atoms with van der Waals surface area (Å²) in [4.78, 5) is 23.4. The summed E-state index contributed by atoms with van der Waals surface area (Å²) in [6, 6.07) is 5.44. The fourth-order valence-corrected chi connectivity index (χ4v) is 4.34. The SMILES string of the molecule is Cc1nn([C@H](C)c2ccc(Cl)cc2Cl)c2nc(N3CCC(=O)C[C@@H]3C)cnc12. The lowest BCUT2D eigenvalue weighted by atomic mass is 10.0. The highest BCUT2D eigenvalue weighted by atomic mass is 35.5. The van der Waals surface area contributed by atoms with Gasteiger partial charge in [0.25, 0.3) is 0 Å². The van der Waals surface area contributed by atoms with Crippen LogP contribution in [-0.4, -0.2) is 38.1 Å². The quantitative estimate of drug-likeness (QED) is 0.622. The third-order valence-corrected chi connectivity index (χ3v) is 5.88. The third-order valence-electron chi connectivity index (χ3n) is 5.32. The zero-order valence-corrected chi connectivity index (χ0v) is 17.5. The number of carbonyl (C=O) groups excluding carboxylic acids is 1. The molecule has 28 heavy (non-hydrogen) atoms. The summed E-state index contributed by atoms with van der Waals surface area (Å²) in [6.07, 6.45) is 2.85. The van der Waals surface area contributed by atoms with E-state index in [4.69, 9.17) is 28.2 Å². The number of aromatic nitrogens is 4. The molecular formula is C20H21Cl2N5O. The summed E-state index contributed by atoms with van der Waals surface area (Å²) in [5.74, 6) is 1.06. The minimum atomic E-state index is -0.133. The van der Waals surface area contributed by atoms with Gasteiger partial charge in [-0.25, -0.2) is 14.6 Å². The predicted octanol–water partition coefficient (Wildman–Crippen LogP) is 4.61. The Kier molecular flexibility index (Phi) is 5.02. The molecule has 146 valence electrons. The Balaban J connectivity index is 1.78. The van der Waals surface area contributed by atoms with Gasteiger partial charge in [0.05, 0.1) is 17.9 Å². The summed E-state index contributed by atoms with van der Waals surface area (Å²) in [7, 11) is 0. The molecule has 0 amide bonds. The van der Waals surface area contributed by atoms with E-state index in [0.717, 1.165) is 22.6 Å². The number of carbonyl (C=O) groups is 1. The van der Waals surface area contributed by atoms with Crippen LogP contribution in [0, 0.1) is 6.92 Å². The summed E-state index contributed by atoms with van der Waals surface area (Å²) >= 11 is 12.5. The number of anilines is 1. The van der Waals surface area contributed by atoms with Gasteiger partial charge in [-0.1, -0.05) is 29.3 Å². The first kappa shape index (κ1) is 19.2. The monoisotopic (exact) mass is 417 g/mol. The molecule has 3 heterocycles. The maximum absolute atomic E-state index is 11.7. The fourth-order valence-electron chi connectivity index (χ4n) is 3.77. The summed E-state index contributed by atoms with van der Waals surface area (Å²) in [5.41, 5.74) is 3.20. The van der Waals surface area contributed by atoms with Crippen molar-refractivity contribution < 1.29 is 4.79 Å². The number of ketones is 1. The summed E-state index contributed by atoms with van der Waals surface area (Å²) in [5, 5.41) is 5.86. The molecule has 1 aromatic carbocycles. The zero-order valence-electron chi connectivity index (χ0n) is 16.0. The Bertz CT molecular complexity index is 1060. The second-order valence-corrected chi connectivity index (χ2v) is 8.15. The normalized spacial score (nSPS) is 18.7. The number of rotatable bonds is 3. The van der Waals surface area contributed by atoms with Crippen LogP contribution < -0.4 is 4.90 Å². The lowest BCUT2D eigenvalue weighted by Crippen LogP contribution is -2.41. The fraction of sp³-hybridized carbons (Fsp3) is 0.400. The lowest BCUT2D eigenvalue weighted by molar-refractivity contribution is -0.120. The molecule has 0 N–H and O–H groups in total. The smallest absolute Gasteiger partial charge is 0.179 e. The number of nitrogens with zero attached hydrogens (tertiary/aromatic N) is 5. The van der Waals surface area contributed by atoms with Crippen molar-refractivity contribution in [1.29, 1.82) is 0 Å². The van der Waals surface area contributed by atoms with E-state index in [1.165, 1.54) is 0 Å². The molecule has 3 aromatic rings. The molecule has 2 aromatic heterocycles. The van der Waals surface area contributed by atoms with Crippen molar-refractivity contribution in [1.82, 2.24) is 19.7 Å². The molecule has 0 aliphatic carbocycles. The van der Waals surface area contributed by atoms with Crippen LogP contribution in [0.4, 0.5) is 5.82 Å². The first-order chi connectivity index (χ1) is 13.3. The highest BCUT2D eigenvalue weighted by Gasteiger charge is 2.26. The van der Waals surface area contributed by atoms with Crippen molar-refractivity contribution >= 4 is 46.0 Å².